The maximum Gasteiger partial charge on any atom is 4.00 e. The Morgan fingerprint density at radius 3 is 0.576 bits per heavy atom. The molecule has 0 aliphatic heterocycles. The third-order valence-corrected chi connectivity index (χ3v) is 1.78. The molecule has 0 N–H and O–H groups in total. The Morgan fingerprint density at radius 1 is 0.424 bits per heavy atom. The number of hydrogen-bond acceptors (Lipinski definition) is 16. The molecule has 194 valence electrons. The van der Waals surface area contributed by atoms with E-state index in [1.807, 2.05) is 55.4 Å². The molecule has 0 saturated carbocycles. The minimum Gasteiger partial charge on any atom is -0.387 e. The molecule has 0 radical (unpaired) electrons. The molecule has 0 rings (SSSR count). The molecule has 0 amide bonds. The van der Waals surface area contributed by atoms with Crippen LogP contribution in [0.15, 0.2) is 0 Å². The van der Waals surface area contributed by atoms with Gasteiger partial charge >= 0.3 is 21.1 Å². The molecule has 0 aromatic rings. The van der Waals surface area contributed by atoms with E-state index >= 15 is 0 Å². The summed E-state index contributed by atoms with van der Waals surface area (Å²) in [6.45, 7) is 14.6. The van der Waals surface area contributed by atoms with Gasteiger partial charge in [0, 0.05) is 0 Å². The first kappa shape index (κ1) is 44.0. The minimum atomic E-state index is -0.00120. The average molecular weight is 701 g/mol. The van der Waals surface area contributed by atoms with Crippen molar-refractivity contribution in [2.45, 2.75) is 79.8 Å². The van der Waals surface area contributed by atoms with Crippen LogP contribution in [0.2, 0.25) is 0 Å². The molecule has 17 heteroatoms. The summed E-state index contributed by atoms with van der Waals surface area (Å²) < 4.78 is -0.00481. The van der Waals surface area contributed by atoms with Gasteiger partial charge in [-0.1, -0.05) is 0 Å². The van der Waals surface area contributed by atoms with E-state index in [-0.39, 0.29) is 63.0 Å². The third kappa shape index (κ3) is 71.9. The SMILES string of the molecule is CC(C)OOC(=S)[S-].CC(C)OOC(=S)[S-].CC(C)OOC(=S)[S-].CC(C)OOC(=S)[S-].[Mo+4]. The van der Waals surface area contributed by atoms with Crippen molar-refractivity contribution in [3.05, 3.63) is 0 Å². The molecule has 0 aliphatic carbocycles. The van der Waals surface area contributed by atoms with Gasteiger partial charge in [0.1, 0.15) is 0 Å². The second-order valence-electron chi connectivity index (χ2n) is 5.91. The third-order valence-electron chi connectivity index (χ3n) is 1.23. The topological polar surface area (TPSA) is 73.8 Å². The largest absolute Gasteiger partial charge is 4.00 e. The van der Waals surface area contributed by atoms with Gasteiger partial charge < -0.3 is 119 Å². The van der Waals surface area contributed by atoms with Gasteiger partial charge in [-0.2, -0.15) is 19.6 Å². The molecule has 0 atom stereocenters. The molecular weight excluding hydrogens is 673 g/mol. The second kappa shape index (κ2) is 31.0. The number of thiocarbonyl (C=S) groups is 4. The van der Waals surface area contributed by atoms with Crippen LogP contribution >= 0.6 is 48.9 Å². The molecule has 0 fully saturated rings. The van der Waals surface area contributed by atoms with Crippen LogP contribution < -0.4 is 0 Å². The van der Waals surface area contributed by atoms with Crippen molar-refractivity contribution >= 4 is 117 Å². The van der Waals surface area contributed by atoms with Gasteiger partial charge in [0.15, 0.2) is 0 Å². The van der Waals surface area contributed by atoms with Crippen LogP contribution in [0.3, 0.4) is 0 Å². The van der Waals surface area contributed by atoms with Gasteiger partial charge in [-0.3, -0.25) is 0 Å². The molecule has 0 heterocycles. The van der Waals surface area contributed by atoms with Crippen molar-refractivity contribution in [3.63, 3.8) is 0 Å². The van der Waals surface area contributed by atoms with Crippen LogP contribution in [0, 0.1) is 0 Å². The van der Waals surface area contributed by atoms with E-state index in [0.717, 1.165) is 0 Å². The van der Waals surface area contributed by atoms with E-state index in [9.17, 15) is 0 Å². The first-order chi connectivity index (χ1) is 14.5. The average Bonchev–Trinajstić information content (AvgIpc) is 2.63. The van der Waals surface area contributed by atoms with E-state index in [1.165, 1.54) is 0 Å². The van der Waals surface area contributed by atoms with Crippen molar-refractivity contribution in [1.29, 1.82) is 0 Å². The van der Waals surface area contributed by atoms with Gasteiger partial charge in [-0.15, -0.1) is 0 Å². The van der Waals surface area contributed by atoms with Crippen molar-refractivity contribution in [2.75, 3.05) is 0 Å². The summed E-state index contributed by atoms with van der Waals surface area (Å²) in [4.78, 5) is 35.6. The van der Waals surface area contributed by atoms with Crippen LogP contribution in [0.1, 0.15) is 55.4 Å². The van der Waals surface area contributed by atoms with E-state index in [1.54, 1.807) is 0 Å². The smallest absolute Gasteiger partial charge is 0.387 e. The van der Waals surface area contributed by atoms with E-state index in [0.29, 0.717) is 0 Å². The molecule has 0 unspecified atom stereocenters. The normalized spacial score (nSPS) is 9.09. The Balaban J connectivity index is -0.000000105. The zero-order valence-electron chi connectivity index (χ0n) is 19.2. The Kier molecular flexibility index (Phi) is 41.3. The first-order valence-corrected chi connectivity index (χ1v) is 11.9. The van der Waals surface area contributed by atoms with Gasteiger partial charge in [0.05, 0.1) is 41.9 Å². The summed E-state index contributed by atoms with van der Waals surface area (Å²) in [5.41, 5.74) is 0. The zero-order chi connectivity index (χ0) is 26.3. The fourth-order valence-electron chi connectivity index (χ4n) is 0.542. The summed E-state index contributed by atoms with van der Waals surface area (Å²) in [6.07, 6.45) is 0.0404. The van der Waals surface area contributed by atoms with Crippen molar-refractivity contribution in [3.8, 4) is 0 Å². The molecule has 0 aromatic carbocycles. The molecule has 0 bridgehead atoms. The minimum absolute atomic E-state index is 0. The first-order valence-electron chi connectivity index (χ1n) is 8.68. The fraction of sp³-hybridized carbons (Fsp3) is 0.750. The van der Waals surface area contributed by atoms with Gasteiger partial charge in [0.25, 0.3) is 0 Å². The standard InChI is InChI=1S/4C4H8O2S2.Mo/c4*1-3(2)5-6-4(7)8;/h4*3H,1-2H3,(H,7,8);/q;;;;+4/p-4. The van der Waals surface area contributed by atoms with Crippen molar-refractivity contribution in [1.82, 2.24) is 0 Å². The Morgan fingerprint density at radius 2 is 0.545 bits per heavy atom. The zero-order valence-corrected chi connectivity index (χ0v) is 27.8. The van der Waals surface area contributed by atoms with Crippen LogP contribution in [0.25, 0.3) is 0 Å². The monoisotopic (exact) mass is 702 g/mol. The molecule has 0 spiro atoms. The van der Waals surface area contributed by atoms with E-state index in [4.69, 9.17) is 0 Å². The molecule has 0 aromatic heterocycles. The van der Waals surface area contributed by atoms with Crippen molar-refractivity contribution < 1.29 is 60.2 Å². The summed E-state index contributed by atoms with van der Waals surface area (Å²) in [5.74, 6) is 0. The van der Waals surface area contributed by atoms with Crippen LogP contribution in [0.4, 0.5) is 0 Å². The quantitative estimate of drug-likeness (QED) is 0.115. The summed E-state index contributed by atoms with van der Waals surface area (Å²) in [7, 11) is 0. The summed E-state index contributed by atoms with van der Waals surface area (Å²) in [6, 6.07) is 0. The second-order valence-corrected chi connectivity index (χ2v) is 9.91. The van der Waals surface area contributed by atoms with Gasteiger partial charge in [0.2, 0.25) is 0 Å². The van der Waals surface area contributed by atoms with Gasteiger partial charge in [-0.05, 0) is 55.4 Å². The van der Waals surface area contributed by atoms with Crippen LogP contribution in [0.5, 0.6) is 0 Å². The fourth-order valence-corrected chi connectivity index (χ4v) is 0.856. The maximum atomic E-state index is 4.56. The summed E-state index contributed by atoms with van der Waals surface area (Å²) >= 11 is 35.1. The predicted octanol–water partition coefficient (Wildman–Crippen LogP) is 4.70. The van der Waals surface area contributed by atoms with Crippen LogP contribution in [-0.2, 0) is 111 Å². The molecule has 8 nitrogen and oxygen atoms in total. The van der Waals surface area contributed by atoms with Crippen LogP contribution in [-0.4, -0.2) is 41.9 Å². The maximum absolute atomic E-state index is 4.56. The number of rotatable bonds is 8. The Bertz CT molecular complexity index is 423. The Hall–Kier alpha value is 0.968. The molecule has 33 heavy (non-hydrogen) atoms. The van der Waals surface area contributed by atoms with Gasteiger partial charge in [-0.25, -0.2) is 0 Å². The molecular formula is C16H28MoO8S8. The molecule has 0 saturated heterocycles. The predicted molar refractivity (Wildman–Crippen MR) is 149 cm³/mol. The van der Waals surface area contributed by atoms with E-state index < -0.39 is 0 Å². The van der Waals surface area contributed by atoms with Crippen molar-refractivity contribution in [2.24, 2.45) is 0 Å². The Labute approximate surface area is 254 Å². The summed E-state index contributed by atoms with van der Waals surface area (Å²) in [5, 5.41) is 0. The number of hydrogen-bond donors (Lipinski definition) is 0. The van der Waals surface area contributed by atoms with E-state index in [2.05, 4.69) is 138 Å². The molecule has 0 aliphatic rings.